The molecule has 2 rings (SSSR count). The van der Waals surface area contributed by atoms with E-state index in [1.807, 2.05) is 32.0 Å². The van der Waals surface area contributed by atoms with Gasteiger partial charge in [-0.3, -0.25) is 0 Å². The molecule has 0 radical (unpaired) electrons. The molecule has 0 fully saturated rings. The summed E-state index contributed by atoms with van der Waals surface area (Å²) in [4.78, 5) is 4.34. The van der Waals surface area contributed by atoms with Gasteiger partial charge in [0, 0.05) is 14.5 Å². The predicted molar refractivity (Wildman–Crippen MR) is 76.9 cm³/mol. The number of nitrogens with two attached hydrogens (primary N) is 1. The number of aromatic nitrogens is 2. The third kappa shape index (κ3) is 2.99. The molecule has 0 aliphatic rings. The molecule has 2 N–H and O–H groups in total. The van der Waals surface area contributed by atoms with Gasteiger partial charge >= 0.3 is 0 Å². The van der Waals surface area contributed by atoms with Crippen LogP contribution in [0.4, 0.5) is 0 Å². The summed E-state index contributed by atoms with van der Waals surface area (Å²) in [6.07, 6.45) is 0. The predicted octanol–water partition coefficient (Wildman–Crippen LogP) is 3.92. The summed E-state index contributed by atoms with van der Waals surface area (Å²) in [7, 11) is 0. The summed E-state index contributed by atoms with van der Waals surface area (Å²) in [6.45, 7) is 4.05. The fourth-order valence-corrected chi connectivity index (χ4v) is 2.76. The number of rotatable bonds is 3. The molecule has 4 nitrogen and oxygen atoms in total. The van der Waals surface area contributed by atoms with Gasteiger partial charge in [-0.1, -0.05) is 50.9 Å². The van der Waals surface area contributed by atoms with Gasteiger partial charge in [0.2, 0.25) is 0 Å². The Balaban J connectivity index is 2.35. The van der Waals surface area contributed by atoms with Gasteiger partial charge in [-0.2, -0.15) is 4.98 Å². The molecule has 2 aromatic rings. The van der Waals surface area contributed by atoms with Gasteiger partial charge in [-0.05, 0) is 24.1 Å². The molecule has 6 heteroatoms. The molecule has 0 bridgehead atoms. The number of nitrogens with zero attached hydrogens (tertiary/aromatic N) is 2. The van der Waals surface area contributed by atoms with Crippen LogP contribution in [0, 0.1) is 5.92 Å². The van der Waals surface area contributed by atoms with Crippen LogP contribution < -0.4 is 5.73 Å². The van der Waals surface area contributed by atoms with Crippen molar-refractivity contribution in [3.05, 3.63) is 33.0 Å². The highest BCUT2D eigenvalue weighted by Gasteiger charge is 2.18. The second-order valence-corrected chi connectivity index (χ2v) is 6.22. The standard InChI is InChI=1S/C12H13Br2N3O/c1-6(2)10(15)11-16-12(18-17-11)7-3-8(13)5-9(14)4-7/h3-6,10H,15H2,1-2H3. The molecule has 1 atom stereocenters. The Bertz CT molecular complexity index is 534. The first-order chi connectivity index (χ1) is 8.47. The van der Waals surface area contributed by atoms with Crippen LogP contribution in [0.1, 0.15) is 25.7 Å². The van der Waals surface area contributed by atoms with Crippen LogP contribution in [0.25, 0.3) is 11.5 Å². The second kappa shape index (κ2) is 5.50. The molecule has 0 aliphatic heterocycles. The molecule has 0 spiro atoms. The van der Waals surface area contributed by atoms with Crippen molar-refractivity contribution in [1.29, 1.82) is 0 Å². The first-order valence-corrected chi connectivity index (χ1v) is 7.11. The van der Waals surface area contributed by atoms with Crippen LogP contribution in [0.3, 0.4) is 0 Å². The lowest BCUT2D eigenvalue weighted by Crippen LogP contribution is -2.18. The third-order valence-electron chi connectivity index (χ3n) is 2.57. The molecule has 1 aromatic heterocycles. The van der Waals surface area contributed by atoms with Gasteiger partial charge in [-0.15, -0.1) is 0 Å². The Labute approximate surface area is 122 Å². The zero-order valence-corrected chi connectivity index (χ0v) is 13.2. The Kier molecular flexibility index (Phi) is 4.19. The highest BCUT2D eigenvalue weighted by molar-refractivity contribution is 9.11. The van der Waals surface area contributed by atoms with E-state index in [2.05, 4.69) is 42.0 Å². The van der Waals surface area contributed by atoms with E-state index in [0.717, 1.165) is 14.5 Å². The van der Waals surface area contributed by atoms with Crippen molar-refractivity contribution in [2.24, 2.45) is 11.7 Å². The minimum atomic E-state index is -0.210. The SMILES string of the molecule is CC(C)C(N)c1noc(-c2cc(Br)cc(Br)c2)n1. The summed E-state index contributed by atoms with van der Waals surface area (Å²) in [5.41, 5.74) is 6.84. The van der Waals surface area contributed by atoms with E-state index < -0.39 is 0 Å². The maximum absolute atomic E-state index is 5.99. The summed E-state index contributed by atoms with van der Waals surface area (Å²) in [5, 5.41) is 3.93. The molecular weight excluding hydrogens is 362 g/mol. The van der Waals surface area contributed by atoms with Gasteiger partial charge in [-0.25, -0.2) is 0 Å². The summed E-state index contributed by atoms with van der Waals surface area (Å²) < 4.78 is 7.14. The van der Waals surface area contributed by atoms with Crippen molar-refractivity contribution in [3.8, 4) is 11.5 Å². The third-order valence-corrected chi connectivity index (χ3v) is 3.48. The summed E-state index contributed by atoms with van der Waals surface area (Å²) >= 11 is 6.85. The van der Waals surface area contributed by atoms with Crippen molar-refractivity contribution in [3.63, 3.8) is 0 Å². The largest absolute Gasteiger partial charge is 0.334 e. The zero-order valence-electron chi connectivity index (χ0n) is 10.0. The van der Waals surface area contributed by atoms with Gasteiger partial charge in [0.1, 0.15) is 0 Å². The Morgan fingerprint density at radius 3 is 2.33 bits per heavy atom. The molecule has 96 valence electrons. The van der Waals surface area contributed by atoms with Crippen molar-refractivity contribution in [1.82, 2.24) is 10.1 Å². The van der Waals surface area contributed by atoms with E-state index in [1.165, 1.54) is 0 Å². The van der Waals surface area contributed by atoms with Gasteiger partial charge in [0.25, 0.3) is 5.89 Å². The normalized spacial score (nSPS) is 13.0. The first kappa shape index (κ1) is 13.7. The first-order valence-electron chi connectivity index (χ1n) is 5.53. The number of benzene rings is 1. The molecule has 0 aliphatic carbocycles. The molecule has 1 heterocycles. The molecule has 18 heavy (non-hydrogen) atoms. The van der Waals surface area contributed by atoms with E-state index in [-0.39, 0.29) is 12.0 Å². The van der Waals surface area contributed by atoms with Crippen LogP contribution >= 0.6 is 31.9 Å². The number of hydrogen-bond acceptors (Lipinski definition) is 4. The molecule has 0 saturated carbocycles. The lowest BCUT2D eigenvalue weighted by Gasteiger charge is -2.09. The lowest BCUT2D eigenvalue weighted by atomic mass is 10.1. The Morgan fingerprint density at radius 1 is 1.17 bits per heavy atom. The molecule has 0 saturated heterocycles. The fourth-order valence-electron chi connectivity index (χ4n) is 1.46. The van der Waals surface area contributed by atoms with Crippen molar-refractivity contribution < 1.29 is 4.52 Å². The zero-order chi connectivity index (χ0) is 13.3. The maximum Gasteiger partial charge on any atom is 0.258 e. The van der Waals surface area contributed by atoms with Crippen molar-refractivity contribution in [2.45, 2.75) is 19.9 Å². The van der Waals surface area contributed by atoms with Crippen molar-refractivity contribution in [2.75, 3.05) is 0 Å². The molecular formula is C12H13Br2N3O. The molecule has 1 aromatic carbocycles. The average molecular weight is 375 g/mol. The van der Waals surface area contributed by atoms with Crippen molar-refractivity contribution >= 4 is 31.9 Å². The van der Waals surface area contributed by atoms with E-state index in [0.29, 0.717) is 11.7 Å². The van der Waals surface area contributed by atoms with Gasteiger partial charge in [0.05, 0.1) is 6.04 Å². The number of hydrogen-bond donors (Lipinski definition) is 1. The van der Waals surface area contributed by atoms with Crippen LogP contribution in [0.15, 0.2) is 31.7 Å². The van der Waals surface area contributed by atoms with Crippen LogP contribution in [-0.4, -0.2) is 10.1 Å². The molecule has 0 amide bonds. The molecule has 1 unspecified atom stereocenters. The topological polar surface area (TPSA) is 64.9 Å². The number of halogens is 2. The minimum Gasteiger partial charge on any atom is -0.334 e. The average Bonchev–Trinajstić information content (AvgIpc) is 2.75. The summed E-state index contributed by atoms with van der Waals surface area (Å²) in [5.74, 6) is 1.28. The minimum absolute atomic E-state index is 0.210. The highest BCUT2D eigenvalue weighted by atomic mass is 79.9. The maximum atomic E-state index is 5.99. The fraction of sp³-hybridized carbons (Fsp3) is 0.333. The smallest absolute Gasteiger partial charge is 0.258 e. The van der Waals surface area contributed by atoms with E-state index in [4.69, 9.17) is 10.3 Å². The van der Waals surface area contributed by atoms with E-state index in [9.17, 15) is 0 Å². The second-order valence-electron chi connectivity index (χ2n) is 4.39. The van der Waals surface area contributed by atoms with Gasteiger partial charge < -0.3 is 10.3 Å². The van der Waals surface area contributed by atoms with Gasteiger partial charge in [0.15, 0.2) is 5.82 Å². The summed E-state index contributed by atoms with van der Waals surface area (Å²) in [6, 6.07) is 5.57. The monoisotopic (exact) mass is 373 g/mol. The van der Waals surface area contributed by atoms with Crippen LogP contribution in [0.5, 0.6) is 0 Å². The quantitative estimate of drug-likeness (QED) is 0.884. The van der Waals surface area contributed by atoms with E-state index in [1.54, 1.807) is 0 Å². The Hall–Kier alpha value is -0.720. The van der Waals surface area contributed by atoms with Crippen LogP contribution in [-0.2, 0) is 0 Å². The highest BCUT2D eigenvalue weighted by Crippen LogP contribution is 2.27. The lowest BCUT2D eigenvalue weighted by molar-refractivity contribution is 0.400. The van der Waals surface area contributed by atoms with Crippen LogP contribution in [0.2, 0.25) is 0 Å². The van der Waals surface area contributed by atoms with E-state index >= 15 is 0 Å². The Morgan fingerprint density at radius 2 is 1.78 bits per heavy atom.